The first-order valence-electron chi connectivity index (χ1n) is 9.95. The lowest BCUT2D eigenvalue weighted by Crippen LogP contribution is -2.32. The third-order valence-corrected chi connectivity index (χ3v) is 5.04. The third kappa shape index (κ3) is 4.15. The van der Waals surface area contributed by atoms with Crippen molar-refractivity contribution < 1.29 is 18.7 Å². The number of hydrogen-bond donors (Lipinski definition) is 0. The summed E-state index contributed by atoms with van der Waals surface area (Å²) in [5, 5.41) is 0. The number of anilines is 1. The monoisotopic (exact) mass is 404 g/mol. The van der Waals surface area contributed by atoms with Crippen LogP contribution in [0.1, 0.15) is 25.0 Å². The van der Waals surface area contributed by atoms with Crippen LogP contribution >= 0.6 is 0 Å². The van der Waals surface area contributed by atoms with E-state index in [4.69, 9.17) is 9.47 Å². The highest BCUT2D eigenvalue weighted by Crippen LogP contribution is 2.40. The van der Waals surface area contributed by atoms with Crippen molar-refractivity contribution in [1.29, 1.82) is 0 Å². The molecule has 30 heavy (non-hydrogen) atoms. The molecule has 3 aromatic rings. The molecule has 0 aliphatic carbocycles. The van der Waals surface area contributed by atoms with Crippen LogP contribution in [0.4, 0.5) is 10.1 Å². The fourth-order valence-corrected chi connectivity index (χ4v) is 3.74. The van der Waals surface area contributed by atoms with E-state index in [9.17, 15) is 9.18 Å². The molecule has 0 N–H and O–H groups in total. The minimum Gasteiger partial charge on any atom is -0.487 e. The van der Waals surface area contributed by atoms with Crippen LogP contribution in [0.5, 0.6) is 17.2 Å². The zero-order chi connectivity index (χ0) is 21.1. The first-order valence-corrected chi connectivity index (χ1v) is 9.95. The summed E-state index contributed by atoms with van der Waals surface area (Å²) >= 11 is 0. The van der Waals surface area contributed by atoms with E-state index in [-0.39, 0.29) is 12.1 Å². The molecule has 1 heterocycles. The number of amides is 1. The lowest BCUT2D eigenvalue weighted by Gasteiger charge is -2.25. The minimum atomic E-state index is -1.10. The fourth-order valence-electron chi connectivity index (χ4n) is 3.74. The van der Waals surface area contributed by atoms with Crippen LogP contribution in [0.15, 0.2) is 72.8 Å². The van der Waals surface area contributed by atoms with Crippen molar-refractivity contribution in [3.05, 3.63) is 83.9 Å². The Morgan fingerprint density at radius 2 is 1.77 bits per heavy atom. The molecule has 0 radical (unpaired) electrons. The number of benzene rings is 3. The highest BCUT2D eigenvalue weighted by atomic mass is 18.2. The molecule has 154 valence electrons. The third-order valence-electron chi connectivity index (χ3n) is 5.04. The normalized spacial score (nSPS) is 14.0. The summed E-state index contributed by atoms with van der Waals surface area (Å²) in [6.07, 6.45) is 0.793. The van der Waals surface area contributed by atoms with Crippen molar-refractivity contribution in [2.75, 3.05) is 11.6 Å². The van der Waals surface area contributed by atoms with Gasteiger partial charge >= 0.3 is 0 Å². The summed E-state index contributed by atoms with van der Waals surface area (Å²) < 4.78 is 25.7. The molecule has 5 heteroatoms. The SMILES string of the molecule is CC1(C)Cc2cccc(CN(C(=O)C[18F])c3ccccc3Oc3ccccc3)c2O1. The average molecular weight is 404 g/mol. The molecule has 0 aromatic heterocycles. The van der Waals surface area contributed by atoms with Gasteiger partial charge in [-0.3, -0.25) is 4.79 Å². The zero-order valence-electron chi connectivity index (χ0n) is 17.1. The van der Waals surface area contributed by atoms with Crippen LogP contribution in [0, 0.1) is 0 Å². The summed E-state index contributed by atoms with van der Waals surface area (Å²) in [7, 11) is 0. The number of rotatable bonds is 6. The summed E-state index contributed by atoms with van der Waals surface area (Å²) in [5.41, 5.74) is 2.15. The van der Waals surface area contributed by atoms with E-state index in [0.717, 1.165) is 23.3 Å². The van der Waals surface area contributed by atoms with Gasteiger partial charge in [0.2, 0.25) is 0 Å². The number of fused-ring (bicyclic) bond motifs is 1. The van der Waals surface area contributed by atoms with Crippen LogP contribution in [0.2, 0.25) is 0 Å². The van der Waals surface area contributed by atoms with Gasteiger partial charge < -0.3 is 14.4 Å². The largest absolute Gasteiger partial charge is 0.487 e. The molecule has 1 aliphatic rings. The predicted octanol–water partition coefficient (Wildman–Crippen LogP) is 5.70. The van der Waals surface area contributed by atoms with Crippen molar-refractivity contribution in [1.82, 2.24) is 0 Å². The predicted molar refractivity (Wildman–Crippen MR) is 115 cm³/mol. The topological polar surface area (TPSA) is 38.8 Å². The van der Waals surface area contributed by atoms with E-state index < -0.39 is 12.6 Å². The van der Waals surface area contributed by atoms with Gasteiger partial charge in [-0.05, 0) is 43.7 Å². The average Bonchev–Trinajstić information content (AvgIpc) is 3.07. The Labute approximate surface area is 175 Å². The molecule has 0 bridgehead atoms. The van der Waals surface area contributed by atoms with Gasteiger partial charge in [0.25, 0.3) is 5.91 Å². The van der Waals surface area contributed by atoms with Gasteiger partial charge in [0, 0.05) is 12.0 Å². The summed E-state index contributed by atoms with van der Waals surface area (Å²) in [5.74, 6) is 1.28. The quantitative estimate of drug-likeness (QED) is 0.529. The Hall–Kier alpha value is -3.34. The maximum atomic E-state index is 13.5. The minimum absolute atomic E-state index is 0.192. The number of nitrogens with zero attached hydrogens (tertiary/aromatic N) is 1. The second kappa shape index (κ2) is 8.19. The molecular weight excluding hydrogens is 380 g/mol. The molecule has 1 amide bonds. The Bertz CT molecular complexity index is 1050. The van der Waals surface area contributed by atoms with Gasteiger partial charge in [-0.1, -0.05) is 48.5 Å². The standard InChI is InChI=1S/C25H24FNO3/c1-25(2)15-18-9-8-10-19(24(18)30-25)17-27(23(28)16-26)21-13-6-7-14-22(21)29-20-11-4-3-5-12-20/h3-14H,15-17H2,1-2H3/i26-1. The molecular formula is C25H24FNO3. The zero-order valence-corrected chi connectivity index (χ0v) is 17.1. The van der Waals surface area contributed by atoms with Gasteiger partial charge in [0.15, 0.2) is 12.4 Å². The lowest BCUT2D eigenvalue weighted by molar-refractivity contribution is -0.119. The number of alkyl halides is 1. The first-order chi connectivity index (χ1) is 14.5. The molecule has 0 saturated carbocycles. The van der Waals surface area contributed by atoms with Crippen LogP contribution in [-0.4, -0.2) is 18.2 Å². The van der Waals surface area contributed by atoms with Crippen LogP contribution in [-0.2, 0) is 17.8 Å². The van der Waals surface area contributed by atoms with Gasteiger partial charge in [-0.25, -0.2) is 4.39 Å². The number of halogens is 1. The molecule has 1 aliphatic heterocycles. The summed E-state index contributed by atoms with van der Waals surface area (Å²) in [6, 6.07) is 22.4. The van der Waals surface area contributed by atoms with Crippen molar-refractivity contribution in [3.63, 3.8) is 0 Å². The van der Waals surface area contributed by atoms with Gasteiger partial charge in [-0.15, -0.1) is 0 Å². The Morgan fingerprint density at radius 3 is 2.53 bits per heavy atom. The van der Waals surface area contributed by atoms with E-state index in [1.807, 2.05) is 68.4 Å². The van der Waals surface area contributed by atoms with Crippen LogP contribution in [0.3, 0.4) is 0 Å². The maximum absolute atomic E-state index is 13.5. The van der Waals surface area contributed by atoms with Gasteiger partial charge in [0.1, 0.15) is 17.1 Å². The molecule has 4 nitrogen and oxygen atoms in total. The number of carbonyl (C=O) groups excluding carboxylic acids is 1. The molecule has 4 rings (SSSR count). The van der Waals surface area contributed by atoms with Crippen molar-refractivity contribution in [2.45, 2.75) is 32.4 Å². The van der Waals surface area contributed by atoms with Crippen LogP contribution < -0.4 is 14.4 Å². The molecule has 0 spiro atoms. The van der Waals surface area contributed by atoms with Crippen molar-refractivity contribution >= 4 is 11.6 Å². The Morgan fingerprint density at radius 1 is 1.03 bits per heavy atom. The molecule has 0 atom stereocenters. The molecule has 0 saturated heterocycles. The maximum Gasteiger partial charge on any atom is 0.258 e. The molecule has 0 fully saturated rings. The van der Waals surface area contributed by atoms with Crippen molar-refractivity contribution in [3.8, 4) is 17.2 Å². The van der Waals surface area contributed by atoms with E-state index in [0.29, 0.717) is 17.2 Å². The number of ether oxygens (including phenoxy) is 2. The van der Waals surface area contributed by atoms with Crippen molar-refractivity contribution in [2.24, 2.45) is 0 Å². The fraction of sp³-hybridized carbons (Fsp3) is 0.240. The lowest BCUT2D eigenvalue weighted by atomic mass is 10.0. The second-order valence-corrected chi connectivity index (χ2v) is 7.94. The van der Waals surface area contributed by atoms with E-state index in [1.165, 1.54) is 4.90 Å². The van der Waals surface area contributed by atoms with E-state index in [2.05, 4.69) is 0 Å². The van der Waals surface area contributed by atoms with Gasteiger partial charge in [0.05, 0.1) is 12.2 Å². The first kappa shape index (κ1) is 20.0. The molecule has 0 unspecified atom stereocenters. The van der Waals surface area contributed by atoms with Crippen LogP contribution in [0.25, 0.3) is 0 Å². The number of para-hydroxylation sites is 4. The number of hydrogen-bond acceptors (Lipinski definition) is 3. The van der Waals surface area contributed by atoms with Gasteiger partial charge in [-0.2, -0.15) is 0 Å². The molecule has 3 aromatic carbocycles. The van der Waals surface area contributed by atoms with E-state index in [1.54, 1.807) is 18.2 Å². The Kier molecular flexibility index (Phi) is 5.44. The number of carbonyl (C=O) groups is 1. The smallest absolute Gasteiger partial charge is 0.258 e. The highest BCUT2D eigenvalue weighted by Gasteiger charge is 2.32. The highest BCUT2D eigenvalue weighted by molar-refractivity contribution is 5.95. The van der Waals surface area contributed by atoms with E-state index >= 15 is 0 Å². The Balaban J connectivity index is 1.70. The summed E-state index contributed by atoms with van der Waals surface area (Å²) in [6.45, 7) is 3.16. The summed E-state index contributed by atoms with van der Waals surface area (Å²) in [4.78, 5) is 14.0. The second-order valence-electron chi connectivity index (χ2n) is 7.94.